The zero-order chi connectivity index (χ0) is 32.1. The van der Waals surface area contributed by atoms with Gasteiger partial charge in [0.25, 0.3) is 10.0 Å². The minimum Gasteiger partial charge on any atom is -0.497 e. The molecule has 0 saturated carbocycles. The van der Waals surface area contributed by atoms with E-state index in [4.69, 9.17) is 9.84 Å². The molecule has 10 heteroatoms. The van der Waals surface area contributed by atoms with Crippen LogP contribution in [0.4, 0.5) is 22.7 Å². The van der Waals surface area contributed by atoms with Crippen LogP contribution in [-0.4, -0.2) is 32.5 Å². The van der Waals surface area contributed by atoms with Crippen LogP contribution in [0.25, 0.3) is 0 Å². The number of aliphatic carboxylic acids is 1. The van der Waals surface area contributed by atoms with Gasteiger partial charge < -0.3 is 20.5 Å². The van der Waals surface area contributed by atoms with Crippen LogP contribution >= 0.6 is 0 Å². The number of aryl methyl sites for hydroxylation is 1. The van der Waals surface area contributed by atoms with E-state index in [1.54, 1.807) is 25.3 Å². The van der Waals surface area contributed by atoms with Gasteiger partial charge >= 0.3 is 5.97 Å². The molecule has 0 aliphatic carbocycles. The van der Waals surface area contributed by atoms with E-state index in [0.717, 1.165) is 27.9 Å². The molecule has 3 aromatic carbocycles. The molecule has 0 saturated heterocycles. The number of rotatable bonds is 13. The van der Waals surface area contributed by atoms with E-state index >= 15 is 0 Å². The largest absolute Gasteiger partial charge is 0.497 e. The second kappa shape index (κ2) is 13.9. The van der Waals surface area contributed by atoms with Crippen LogP contribution < -0.4 is 20.1 Å². The van der Waals surface area contributed by atoms with Gasteiger partial charge in [0.05, 0.1) is 35.5 Å². The Kier molecular flexibility index (Phi) is 10.9. The third-order valence-corrected chi connectivity index (χ3v) is 8.68. The first kappa shape index (κ1) is 33.5. The molecule has 9 nitrogen and oxygen atoms in total. The van der Waals surface area contributed by atoms with E-state index in [-0.39, 0.29) is 41.2 Å². The number of carbonyl (C=O) groups is 2. The Morgan fingerprint density at radius 3 is 1.93 bits per heavy atom. The van der Waals surface area contributed by atoms with Gasteiger partial charge in [-0.15, -0.1) is 0 Å². The first-order chi connectivity index (χ1) is 20.1. The number of carboxylic acids is 1. The number of methoxy groups -OCH3 is 1. The van der Waals surface area contributed by atoms with E-state index in [2.05, 4.69) is 29.2 Å². The van der Waals surface area contributed by atoms with Crippen molar-refractivity contribution in [2.45, 2.75) is 84.0 Å². The maximum Gasteiger partial charge on any atom is 0.303 e. The Labute approximate surface area is 255 Å². The number of amides is 1. The zero-order valence-electron chi connectivity index (χ0n) is 26.2. The molecule has 0 aliphatic heterocycles. The number of sulfonamides is 1. The van der Waals surface area contributed by atoms with Crippen molar-refractivity contribution < 1.29 is 27.9 Å². The highest BCUT2D eigenvalue weighted by atomic mass is 32.2. The number of ether oxygens (including phenoxy) is 1. The number of carboxylic acid groups (broad SMARTS) is 1. The van der Waals surface area contributed by atoms with Gasteiger partial charge in [0.2, 0.25) is 5.91 Å². The minimum absolute atomic E-state index is 0.0360. The number of hydrogen-bond donors (Lipinski definition) is 4. The Morgan fingerprint density at radius 1 is 0.814 bits per heavy atom. The molecule has 0 spiro atoms. The Hall–Kier alpha value is -4.05. The van der Waals surface area contributed by atoms with Gasteiger partial charge in [-0.1, -0.05) is 53.7 Å². The van der Waals surface area contributed by atoms with Crippen molar-refractivity contribution in [1.29, 1.82) is 0 Å². The normalized spacial score (nSPS) is 11.6. The summed E-state index contributed by atoms with van der Waals surface area (Å²) in [5, 5.41) is 15.1. The molecule has 3 aromatic rings. The molecule has 43 heavy (non-hydrogen) atoms. The number of nitrogens with one attached hydrogen (secondary N) is 3. The summed E-state index contributed by atoms with van der Waals surface area (Å²) < 4.78 is 36.1. The summed E-state index contributed by atoms with van der Waals surface area (Å²) in [5.41, 5.74) is 5.28. The molecule has 0 bridgehead atoms. The van der Waals surface area contributed by atoms with Gasteiger partial charge in [-0.3, -0.25) is 14.3 Å². The highest BCUT2D eigenvalue weighted by Gasteiger charge is 2.27. The summed E-state index contributed by atoms with van der Waals surface area (Å²) in [6, 6.07) is 14.3. The second-order valence-electron chi connectivity index (χ2n) is 11.6. The van der Waals surface area contributed by atoms with Crippen molar-refractivity contribution in [3.63, 3.8) is 0 Å². The fourth-order valence-electron chi connectivity index (χ4n) is 4.71. The molecule has 232 valence electrons. The summed E-state index contributed by atoms with van der Waals surface area (Å²) in [6.07, 6.45) is -0.565. The quantitative estimate of drug-likeness (QED) is 0.156. The van der Waals surface area contributed by atoms with Crippen molar-refractivity contribution >= 4 is 44.6 Å². The van der Waals surface area contributed by atoms with E-state index < -0.39 is 21.9 Å². The third-order valence-electron chi connectivity index (χ3n) is 7.16. The first-order valence-electron chi connectivity index (χ1n) is 14.4. The van der Waals surface area contributed by atoms with Crippen molar-refractivity contribution in [2.75, 3.05) is 22.5 Å². The lowest BCUT2D eigenvalue weighted by Gasteiger charge is -2.23. The van der Waals surface area contributed by atoms with E-state index in [9.17, 15) is 18.0 Å². The van der Waals surface area contributed by atoms with Crippen LogP contribution in [-0.2, 0) is 19.6 Å². The van der Waals surface area contributed by atoms with Crippen molar-refractivity contribution in [1.82, 2.24) is 0 Å². The van der Waals surface area contributed by atoms with Crippen LogP contribution in [0.2, 0.25) is 0 Å². The number of benzene rings is 3. The highest BCUT2D eigenvalue weighted by Crippen LogP contribution is 2.37. The summed E-state index contributed by atoms with van der Waals surface area (Å²) in [5.74, 6) is -0.740. The van der Waals surface area contributed by atoms with Crippen LogP contribution in [0.5, 0.6) is 5.75 Å². The Morgan fingerprint density at radius 2 is 1.42 bits per heavy atom. The second-order valence-corrected chi connectivity index (χ2v) is 13.2. The Bertz CT molecular complexity index is 1570. The summed E-state index contributed by atoms with van der Waals surface area (Å²) in [6.45, 7) is 14.0. The lowest BCUT2D eigenvalue weighted by Crippen LogP contribution is -2.20. The molecule has 0 unspecified atom stereocenters. The average Bonchev–Trinajstić information content (AvgIpc) is 2.93. The summed E-state index contributed by atoms with van der Waals surface area (Å²) in [7, 11) is -2.45. The van der Waals surface area contributed by atoms with Crippen LogP contribution in [0.1, 0.15) is 94.4 Å². The van der Waals surface area contributed by atoms with Crippen molar-refractivity contribution in [3.8, 4) is 5.75 Å². The highest BCUT2D eigenvalue weighted by molar-refractivity contribution is 7.92. The Balaban J connectivity index is 2.08. The van der Waals surface area contributed by atoms with Gasteiger partial charge in [-0.25, -0.2) is 8.42 Å². The standard InChI is InChI=1S/C33H43N3O6S/c1-19(2)23-16-26(20(3)4)33(27(17-23)21(5)6)43(40,41)36-24-9-11-29(30(18-24)35-31(37)13-14-32(38)39)34-28-12-10-25(42-8)15-22(28)7/h9-12,15-21,34,36H,13-14H2,1-8H3,(H,35,37)(H,38,39). The molecule has 1 amide bonds. The molecule has 0 aliphatic rings. The summed E-state index contributed by atoms with van der Waals surface area (Å²) >= 11 is 0. The lowest BCUT2D eigenvalue weighted by molar-refractivity contribution is -0.138. The summed E-state index contributed by atoms with van der Waals surface area (Å²) in [4.78, 5) is 24.0. The van der Waals surface area contributed by atoms with Crippen LogP contribution in [0, 0.1) is 6.92 Å². The molecular formula is C33H43N3O6S. The van der Waals surface area contributed by atoms with Crippen LogP contribution in [0.3, 0.4) is 0 Å². The minimum atomic E-state index is -4.03. The smallest absolute Gasteiger partial charge is 0.303 e. The topological polar surface area (TPSA) is 134 Å². The van der Waals surface area contributed by atoms with Gasteiger partial charge in [0.1, 0.15) is 5.75 Å². The first-order valence-corrected chi connectivity index (χ1v) is 15.9. The van der Waals surface area contributed by atoms with Gasteiger partial charge in [0, 0.05) is 12.1 Å². The van der Waals surface area contributed by atoms with Crippen molar-refractivity contribution in [2.24, 2.45) is 0 Å². The van der Waals surface area contributed by atoms with Crippen molar-refractivity contribution in [3.05, 3.63) is 70.8 Å². The fourth-order valence-corrected chi connectivity index (χ4v) is 6.46. The molecule has 0 radical (unpaired) electrons. The molecule has 4 N–H and O–H groups in total. The van der Waals surface area contributed by atoms with E-state index in [1.165, 1.54) is 6.07 Å². The van der Waals surface area contributed by atoms with Crippen LogP contribution in [0.15, 0.2) is 53.4 Å². The molecular weight excluding hydrogens is 566 g/mol. The third kappa shape index (κ3) is 8.50. The van der Waals surface area contributed by atoms with Gasteiger partial charge in [-0.2, -0.15) is 0 Å². The predicted molar refractivity (Wildman–Crippen MR) is 172 cm³/mol. The van der Waals surface area contributed by atoms with Gasteiger partial charge in [-0.05, 0) is 83.3 Å². The molecule has 0 heterocycles. The number of carbonyl (C=O) groups excluding carboxylic acids is 1. The average molecular weight is 610 g/mol. The zero-order valence-corrected chi connectivity index (χ0v) is 27.0. The lowest BCUT2D eigenvalue weighted by atomic mass is 9.89. The van der Waals surface area contributed by atoms with E-state index in [1.807, 2.05) is 58.9 Å². The maximum absolute atomic E-state index is 14.0. The molecule has 0 aromatic heterocycles. The van der Waals surface area contributed by atoms with E-state index in [0.29, 0.717) is 17.1 Å². The molecule has 0 fully saturated rings. The maximum atomic E-state index is 14.0. The SMILES string of the molecule is COc1ccc(Nc2ccc(NS(=O)(=O)c3c(C(C)C)cc(C(C)C)cc3C(C)C)cc2NC(=O)CCC(=O)O)c(C)c1. The molecule has 0 atom stereocenters. The number of hydrogen-bond acceptors (Lipinski definition) is 6. The molecule has 3 rings (SSSR count). The predicted octanol–water partition coefficient (Wildman–Crippen LogP) is 7.72. The number of anilines is 4. The monoisotopic (exact) mass is 609 g/mol. The fraction of sp³-hybridized carbons (Fsp3) is 0.394. The van der Waals surface area contributed by atoms with Gasteiger partial charge in [0.15, 0.2) is 0 Å².